The van der Waals surface area contributed by atoms with Crippen molar-refractivity contribution >= 4 is 27.3 Å². The molecule has 0 aliphatic carbocycles. The smallest absolute Gasteiger partial charge is 0.345 e. The van der Waals surface area contributed by atoms with Gasteiger partial charge in [0.25, 0.3) is 0 Å². The number of sulfonamides is 1. The first-order chi connectivity index (χ1) is 8.91. The molecule has 5 nitrogen and oxygen atoms in total. The normalized spacial score (nSPS) is 22.1. The Morgan fingerprint density at radius 3 is 2.79 bits per heavy atom. The minimum Gasteiger partial charge on any atom is -0.477 e. The molecule has 1 aliphatic rings. The molecule has 1 aromatic heterocycles. The number of carboxylic acids is 1. The van der Waals surface area contributed by atoms with Crippen molar-refractivity contribution in [2.24, 2.45) is 5.92 Å². The van der Waals surface area contributed by atoms with Crippen LogP contribution in [0.15, 0.2) is 16.3 Å². The molecule has 1 aliphatic heterocycles. The van der Waals surface area contributed by atoms with Gasteiger partial charge in [0, 0.05) is 18.5 Å². The van der Waals surface area contributed by atoms with E-state index in [-0.39, 0.29) is 9.77 Å². The van der Waals surface area contributed by atoms with Crippen molar-refractivity contribution in [3.8, 4) is 0 Å². The Labute approximate surface area is 116 Å². The molecule has 1 fully saturated rings. The van der Waals surface area contributed by atoms with Gasteiger partial charge in [-0.3, -0.25) is 0 Å². The van der Waals surface area contributed by atoms with Crippen LogP contribution >= 0.6 is 11.3 Å². The van der Waals surface area contributed by atoms with Gasteiger partial charge in [-0.15, -0.1) is 11.3 Å². The zero-order valence-corrected chi connectivity index (χ0v) is 12.3. The zero-order valence-electron chi connectivity index (χ0n) is 10.7. The predicted octanol–water partition coefficient (Wildman–Crippen LogP) is 2.26. The van der Waals surface area contributed by atoms with Crippen molar-refractivity contribution in [3.05, 3.63) is 16.3 Å². The highest BCUT2D eigenvalue weighted by molar-refractivity contribution is 7.89. The van der Waals surface area contributed by atoms with Crippen LogP contribution in [0.1, 0.15) is 35.9 Å². The monoisotopic (exact) mass is 303 g/mol. The maximum absolute atomic E-state index is 12.4. The Kier molecular flexibility index (Phi) is 4.27. The molecule has 2 rings (SSSR count). The van der Waals surface area contributed by atoms with E-state index in [0.717, 1.165) is 30.6 Å². The Morgan fingerprint density at radius 2 is 2.16 bits per heavy atom. The van der Waals surface area contributed by atoms with Gasteiger partial charge in [-0.2, -0.15) is 4.31 Å². The van der Waals surface area contributed by atoms with Crippen LogP contribution < -0.4 is 0 Å². The summed E-state index contributed by atoms with van der Waals surface area (Å²) < 4.78 is 26.3. The lowest BCUT2D eigenvalue weighted by atomic mass is 10.0. The van der Waals surface area contributed by atoms with Gasteiger partial charge < -0.3 is 5.11 Å². The first-order valence-electron chi connectivity index (χ1n) is 6.23. The van der Waals surface area contributed by atoms with Crippen molar-refractivity contribution in [3.63, 3.8) is 0 Å². The molecule has 0 amide bonds. The fraction of sp³-hybridized carbons (Fsp3) is 0.583. The quantitative estimate of drug-likeness (QED) is 0.929. The van der Waals surface area contributed by atoms with Crippen molar-refractivity contribution in [1.82, 2.24) is 4.31 Å². The molecule has 2 heterocycles. The summed E-state index contributed by atoms with van der Waals surface area (Å²) in [5.74, 6) is -0.548. The second-order valence-electron chi connectivity index (χ2n) is 4.89. The maximum atomic E-state index is 12.4. The average molecular weight is 303 g/mol. The number of carboxylic acid groups (broad SMARTS) is 1. The molecule has 19 heavy (non-hydrogen) atoms. The van der Waals surface area contributed by atoms with Gasteiger partial charge in [0.1, 0.15) is 4.88 Å². The van der Waals surface area contributed by atoms with Crippen LogP contribution in [0.2, 0.25) is 0 Å². The molecule has 1 saturated heterocycles. The molecule has 0 radical (unpaired) electrons. The molecule has 0 aromatic carbocycles. The fourth-order valence-electron chi connectivity index (χ4n) is 2.19. The third-order valence-electron chi connectivity index (χ3n) is 3.40. The van der Waals surface area contributed by atoms with Crippen LogP contribution in [0.5, 0.6) is 0 Å². The lowest BCUT2D eigenvalue weighted by molar-refractivity contribution is 0.0702. The number of hydrogen-bond acceptors (Lipinski definition) is 4. The first-order valence-corrected chi connectivity index (χ1v) is 8.55. The molecule has 106 valence electrons. The van der Waals surface area contributed by atoms with Crippen molar-refractivity contribution < 1.29 is 18.3 Å². The van der Waals surface area contributed by atoms with E-state index in [1.165, 1.54) is 15.8 Å². The first kappa shape index (κ1) is 14.5. The van der Waals surface area contributed by atoms with Gasteiger partial charge in [-0.05, 0) is 31.2 Å². The molecule has 0 spiro atoms. The molecule has 1 aromatic rings. The second-order valence-corrected chi connectivity index (χ2v) is 7.74. The standard InChI is InChI=1S/C12H17NO4S2/c1-9-3-2-5-13(6-4-9)19(16,17)10-7-11(12(14)15)18-8-10/h7-9H,2-6H2,1H3,(H,14,15). The minimum absolute atomic E-state index is 0.0572. The van der Waals surface area contributed by atoms with E-state index in [0.29, 0.717) is 19.0 Å². The molecule has 7 heteroatoms. The molecule has 1 atom stereocenters. The SMILES string of the molecule is CC1CCCN(S(=O)(=O)c2csc(C(=O)O)c2)CC1. The maximum Gasteiger partial charge on any atom is 0.345 e. The molecular weight excluding hydrogens is 286 g/mol. The van der Waals surface area contributed by atoms with Gasteiger partial charge in [0.15, 0.2) is 0 Å². The number of nitrogens with zero attached hydrogens (tertiary/aromatic N) is 1. The summed E-state index contributed by atoms with van der Waals surface area (Å²) in [6.07, 6.45) is 2.75. The van der Waals surface area contributed by atoms with E-state index >= 15 is 0 Å². The number of hydrogen-bond donors (Lipinski definition) is 1. The largest absolute Gasteiger partial charge is 0.477 e. The Balaban J connectivity index is 2.23. The summed E-state index contributed by atoms with van der Waals surface area (Å²) in [6.45, 7) is 3.16. The van der Waals surface area contributed by atoms with Crippen LogP contribution in [0, 0.1) is 5.92 Å². The minimum atomic E-state index is -3.54. The van der Waals surface area contributed by atoms with Crippen molar-refractivity contribution in [2.45, 2.75) is 31.1 Å². The number of aromatic carboxylic acids is 1. The van der Waals surface area contributed by atoms with Crippen molar-refractivity contribution in [2.75, 3.05) is 13.1 Å². The van der Waals surface area contributed by atoms with Crippen molar-refractivity contribution in [1.29, 1.82) is 0 Å². The number of carbonyl (C=O) groups is 1. The van der Waals surface area contributed by atoms with Crippen LogP contribution in [-0.2, 0) is 10.0 Å². The van der Waals surface area contributed by atoms with E-state index in [1.807, 2.05) is 0 Å². The van der Waals surface area contributed by atoms with E-state index in [2.05, 4.69) is 6.92 Å². The van der Waals surface area contributed by atoms with Crippen LogP contribution in [0.4, 0.5) is 0 Å². The highest BCUT2D eigenvalue weighted by Gasteiger charge is 2.28. The number of rotatable bonds is 3. The molecule has 0 saturated carbocycles. The van der Waals surface area contributed by atoms with Gasteiger partial charge in [0.05, 0.1) is 4.90 Å². The van der Waals surface area contributed by atoms with E-state index in [1.54, 1.807) is 0 Å². The highest BCUT2D eigenvalue weighted by Crippen LogP contribution is 2.26. The summed E-state index contributed by atoms with van der Waals surface area (Å²) in [5, 5.41) is 10.3. The number of thiophene rings is 1. The Hall–Kier alpha value is -0.920. The lowest BCUT2D eigenvalue weighted by Crippen LogP contribution is -2.31. The summed E-state index contributed by atoms with van der Waals surface area (Å²) in [6, 6.07) is 1.25. The van der Waals surface area contributed by atoms with Crippen LogP contribution in [0.3, 0.4) is 0 Å². The topological polar surface area (TPSA) is 74.7 Å². The Morgan fingerprint density at radius 1 is 1.42 bits per heavy atom. The zero-order chi connectivity index (χ0) is 14.0. The molecule has 1 N–H and O–H groups in total. The summed E-state index contributed by atoms with van der Waals surface area (Å²) in [5.41, 5.74) is 0. The van der Waals surface area contributed by atoms with Gasteiger partial charge in [0.2, 0.25) is 10.0 Å². The second kappa shape index (κ2) is 5.60. The summed E-state index contributed by atoms with van der Waals surface area (Å²) >= 11 is 0.949. The van der Waals surface area contributed by atoms with E-state index in [4.69, 9.17) is 5.11 Å². The van der Waals surface area contributed by atoms with Crippen LogP contribution in [0.25, 0.3) is 0 Å². The van der Waals surface area contributed by atoms with E-state index < -0.39 is 16.0 Å². The molecule has 1 unspecified atom stereocenters. The fourth-order valence-corrected chi connectivity index (χ4v) is 4.78. The Bertz CT molecular complexity index is 564. The molecule has 0 bridgehead atoms. The van der Waals surface area contributed by atoms with Gasteiger partial charge >= 0.3 is 5.97 Å². The summed E-state index contributed by atoms with van der Waals surface area (Å²) in [4.78, 5) is 11.0. The predicted molar refractivity (Wildman–Crippen MR) is 73.1 cm³/mol. The lowest BCUT2D eigenvalue weighted by Gasteiger charge is -2.19. The van der Waals surface area contributed by atoms with Crippen LogP contribution in [-0.4, -0.2) is 36.9 Å². The van der Waals surface area contributed by atoms with E-state index in [9.17, 15) is 13.2 Å². The summed E-state index contributed by atoms with van der Waals surface area (Å²) in [7, 11) is -3.54. The highest BCUT2D eigenvalue weighted by atomic mass is 32.2. The third kappa shape index (κ3) is 3.16. The van der Waals surface area contributed by atoms with Gasteiger partial charge in [-0.25, -0.2) is 13.2 Å². The van der Waals surface area contributed by atoms with Gasteiger partial charge in [-0.1, -0.05) is 6.92 Å². The third-order valence-corrected chi connectivity index (χ3v) is 6.34. The molecular formula is C12H17NO4S2. The average Bonchev–Trinajstić information content (AvgIpc) is 2.74.